The second-order valence-corrected chi connectivity index (χ2v) is 6.43. The molecule has 1 aromatic heterocycles. The van der Waals surface area contributed by atoms with E-state index in [1.165, 1.54) is 6.42 Å². The van der Waals surface area contributed by atoms with Gasteiger partial charge in [-0.05, 0) is 32.6 Å². The molecule has 23 heavy (non-hydrogen) atoms. The van der Waals surface area contributed by atoms with Gasteiger partial charge in [-0.1, -0.05) is 11.6 Å². The van der Waals surface area contributed by atoms with Gasteiger partial charge in [-0.15, -0.1) is 12.4 Å². The smallest absolute Gasteiger partial charge is 0.229 e. The molecule has 0 spiro atoms. The molecule has 1 amide bonds. The number of carbonyl (C=O) groups is 1. The zero-order valence-corrected chi connectivity index (χ0v) is 14.2. The van der Waals surface area contributed by atoms with Crippen LogP contribution in [0, 0.1) is 5.92 Å². The van der Waals surface area contributed by atoms with Crippen LogP contribution in [0.5, 0.6) is 0 Å². The summed E-state index contributed by atoms with van der Waals surface area (Å²) in [5.74, 6) is 1.46. The van der Waals surface area contributed by atoms with Crippen molar-refractivity contribution in [1.29, 1.82) is 0 Å². The summed E-state index contributed by atoms with van der Waals surface area (Å²) < 4.78 is 5.29. The van der Waals surface area contributed by atoms with Gasteiger partial charge >= 0.3 is 0 Å². The molecule has 0 radical (unpaired) electrons. The average molecular weight is 345 g/mol. The Labute approximate surface area is 142 Å². The number of nitrogens with zero attached hydrogens (tertiary/aromatic N) is 3. The van der Waals surface area contributed by atoms with Gasteiger partial charge in [0.25, 0.3) is 0 Å². The summed E-state index contributed by atoms with van der Waals surface area (Å²) in [6, 6.07) is -0.303. The summed E-state index contributed by atoms with van der Waals surface area (Å²) in [6.45, 7) is 2.86. The maximum Gasteiger partial charge on any atom is 0.229 e. The first kappa shape index (κ1) is 18.2. The van der Waals surface area contributed by atoms with Gasteiger partial charge in [0.2, 0.25) is 11.8 Å². The third-order valence-corrected chi connectivity index (χ3v) is 4.89. The van der Waals surface area contributed by atoms with Crippen molar-refractivity contribution in [2.75, 3.05) is 6.54 Å². The van der Waals surface area contributed by atoms with Crippen LogP contribution in [0.1, 0.15) is 56.7 Å². The van der Waals surface area contributed by atoms with E-state index in [0.29, 0.717) is 43.6 Å². The minimum Gasteiger partial charge on any atom is -0.391 e. The van der Waals surface area contributed by atoms with E-state index in [9.17, 15) is 9.90 Å². The van der Waals surface area contributed by atoms with Crippen LogP contribution in [0.15, 0.2) is 4.52 Å². The highest BCUT2D eigenvalue weighted by atomic mass is 35.5. The third-order valence-electron chi connectivity index (χ3n) is 4.89. The predicted molar refractivity (Wildman–Crippen MR) is 85.9 cm³/mol. The molecule has 130 valence electrons. The Morgan fingerprint density at radius 3 is 2.70 bits per heavy atom. The van der Waals surface area contributed by atoms with Crippen molar-refractivity contribution in [2.24, 2.45) is 11.7 Å². The standard InChI is InChI=1S/C15H24N4O3.ClH/c1-2-19(15(21)10-6-11(16)12(20)7-10)8-13-17-14(22-18-13)9-4-3-5-9;/h9-12,20H,2-8,16H2,1H3;1H/t10-,11-,12-;/m0./s1. The molecule has 1 aromatic rings. The van der Waals surface area contributed by atoms with Crippen molar-refractivity contribution in [3.8, 4) is 0 Å². The van der Waals surface area contributed by atoms with Crippen LogP contribution in [0.4, 0.5) is 0 Å². The SMILES string of the molecule is CCN(Cc1noc(C2CCC2)n1)C(=O)[C@H]1C[C@H](N)[C@@H](O)C1.Cl. The first-order valence-corrected chi connectivity index (χ1v) is 8.13. The summed E-state index contributed by atoms with van der Waals surface area (Å²) in [4.78, 5) is 18.7. The highest BCUT2D eigenvalue weighted by molar-refractivity contribution is 5.85. The number of halogens is 1. The summed E-state index contributed by atoms with van der Waals surface area (Å²) in [6.07, 6.45) is 3.83. The van der Waals surface area contributed by atoms with Crippen molar-refractivity contribution in [1.82, 2.24) is 15.0 Å². The summed E-state index contributed by atoms with van der Waals surface area (Å²) in [7, 11) is 0. The van der Waals surface area contributed by atoms with Gasteiger partial charge in [-0.2, -0.15) is 4.98 Å². The van der Waals surface area contributed by atoms with Crippen LogP contribution in [0.25, 0.3) is 0 Å². The molecule has 0 saturated heterocycles. The fourth-order valence-corrected chi connectivity index (χ4v) is 3.18. The van der Waals surface area contributed by atoms with Gasteiger partial charge in [0, 0.05) is 24.4 Å². The first-order valence-electron chi connectivity index (χ1n) is 8.13. The van der Waals surface area contributed by atoms with Gasteiger partial charge in [0.15, 0.2) is 5.82 Å². The Morgan fingerprint density at radius 2 is 2.17 bits per heavy atom. The molecular weight excluding hydrogens is 320 g/mol. The molecule has 3 atom stereocenters. The van der Waals surface area contributed by atoms with E-state index in [2.05, 4.69) is 10.1 Å². The van der Waals surface area contributed by atoms with E-state index in [1.54, 1.807) is 4.90 Å². The summed E-state index contributed by atoms with van der Waals surface area (Å²) in [5.41, 5.74) is 5.80. The lowest BCUT2D eigenvalue weighted by molar-refractivity contribution is -0.136. The molecule has 3 rings (SSSR count). The van der Waals surface area contributed by atoms with Gasteiger partial charge < -0.3 is 20.3 Å². The van der Waals surface area contributed by atoms with Gasteiger partial charge in [0.05, 0.1) is 12.6 Å². The highest BCUT2D eigenvalue weighted by Gasteiger charge is 2.36. The Bertz CT molecular complexity index is 525. The molecule has 0 aliphatic heterocycles. The van der Waals surface area contributed by atoms with Crippen LogP contribution in [-0.4, -0.2) is 44.7 Å². The second-order valence-electron chi connectivity index (χ2n) is 6.43. The minimum atomic E-state index is -0.581. The predicted octanol–water partition coefficient (Wildman–Crippen LogP) is 1.21. The molecule has 7 nitrogen and oxygen atoms in total. The van der Waals surface area contributed by atoms with E-state index < -0.39 is 6.10 Å². The normalized spacial score (nSPS) is 27.3. The molecule has 2 aliphatic rings. The van der Waals surface area contributed by atoms with E-state index in [-0.39, 0.29) is 30.3 Å². The number of rotatable bonds is 5. The number of nitrogens with two attached hydrogens (primary N) is 1. The maximum absolute atomic E-state index is 12.6. The van der Waals surface area contributed by atoms with E-state index in [0.717, 1.165) is 12.8 Å². The molecule has 0 bridgehead atoms. The Hall–Kier alpha value is -1.18. The van der Waals surface area contributed by atoms with E-state index in [1.807, 2.05) is 6.92 Å². The van der Waals surface area contributed by atoms with Crippen LogP contribution in [0.3, 0.4) is 0 Å². The van der Waals surface area contributed by atoms with Crippen LogP contribution < -0.4 is 5.73 Å². The summed E-state index contributed by atoms with van der Waals surface area (Å²) in [5, 5.41) is 13.7. The van der Waals surface area contributed by atoms with Gasteiger partial charge in [-0.25, -0.2) is 0 Å². The fourth-order valence-electron chi connectivity index (χ4n) is 3.18. The van der Waals surface area contributed by atoms with Crippen molar-refractivity contribution in [3.05, 3.63) is 11.7 Å². The van der Waals surface area contributed by atoms with Crippen molar-refractivity contribution < 1.29 is 14.4 Å². The number of hydrogen-bond acceptors (Lipinski definition) is 6. The van der Waals surface area contributed by atoms with E-state index >= 15 is 0 Å². The third kappa shape index (κ3) is 3.84. The van der Waals surface area contributed by atoms with E-state index in [4.69, 9.17) is 10.3 Å². The number of aliphatic hydroxyl groups is 1. The first-order chi connectivity index (χ1) is 10.6. The lowest BCUT2D eigenvalue weighted by Gasteiger charge is -2.23. The molecule has 0 aromatic carbocycles. The number of carbonyl (C=O) groups excluding carboxylic acids is 1. The van der Waals surface area contributed by atoms with Crippen molar-refractivity contribution in [3.63, 3.8) is 0 Å². The van der Waals surface area contributed by atoms with Gasteiger partial charge in [-0.3, -0.25) is 4.79 Å². The van der Waals surface area contributed by atoms with Crippen LogP contribution in [0.2, 0.25) is 0 Å². The average Bonchev–Trinajstić information content (AvgIpc) is 3.01. The second kappa shape index (κ2) is 7.59. The van der Waals surface area contributed by atoms with Crippen molar-refractivity contribution in [2.45, 2.75) is 63.6 Å². The monoisotopic (exact) mass is 344 g/mol. The topological polar surface area (TPSA) is 105 Å². The lowest BCUT2D eigenvalue weighted by Crippen LogP contribution is -2.35. The zero-order valence-electron chi connectivity index (χ0n) is 13.4. The summed E-state index contributed by atoms with van der Waals surface area (Å²) >= 11 is 0. The molecular formula is C15H25ClN4O3. The Morgan fingerprint density at radius 1 is 1.43 bits per heavy atom. The largest absolute Gasteiger partial charge is 0.391 e. The number of amides is 1. The van der Waals surface area contributed by atoms with Crippen LogP contribution in [-0.2, 0) is 11.3 Å². The van der Waals surface area contributed by atoms with Crippen LogP contribution >= 0.6 is 12.4 Å². The number of hydrogen-bond donors (Lipinski definition) is 2. The lowest BCUT2D eigenvalue weighted by atomic mass is 9.85. The highest BCUT2D eigenvalue weighted by Crippen LogP contribution is 2.35. The fraction of sp³-hybridized carbons (Fsp3) is 0.800. The molecule has 2 fully saturated rings. The quantitative estimate of drug-likeness (QED) is 0.831. The Kier molecular flexibility index (Phi) is 6.00. The van der Waals surface area contributed by atoms with Crippen molar-refractivity contribution >= 4 is 18.3 Å². The Balaban J connectivity index is 0.00000192. The molecule has 2 saturated carbocycles. The maximum atomic E-state index is 12.6. The molecule has 3 N–H and O–H groups in total. The molecule has 1 heterocycles. The number of aliphatic hydroxyl groups excluding tert-OH is 1. The zero-order chi connectivity index (χ0) is 15.7. The molecule has 8 heteroatoms. The number of aromatic nitrogens is 2. The molecule has 0 unspecified atom stereocenters. The minimum absolute atomic E-state index is 0. The van der Waals surface area contributed by atoms with Gasteiger partial charge in [0.1, 0.15) is 0 Å². The molecule has 2 aliphatic carbocycles.